The molecule has 0 bridgehead atoms. The number of anilines is 2. The number of carbonyl (C=O) groups is 2. The fourth-order valence-corrected chi connectivity index (χ4v) is 7.33. The molecule has 1 aliphatic rings. The van der Waals surface area contributed by atoms with Crippen molar-refractivity contribution in [2.24, 2.45) is 0 Å². The molecule has 15 heteroatoms. The molecule has 1 aliphatic carbocycles. The summed E-state index contributed by atoms with van der Waals surface area (Å²) in [5, 5.41) is 9.86. The molecule has 5 rings (SSSR count). The molecule has 0 unspecified atom stereocenters. The van der Waals surface area contributed by atoms with Crippen molar-refractivity contribution in [3.8, 4) is 0 Å². The van der Waals surface area contributed by atoms with Gasteiger partial charge in [0.2, 0.25) is 21.7 Å². The number of carboxylic acids is 1. The highest BCUT2D eigenvalue weighted by atomic mass is 32.2. The zero-order valence-corrected chi connectivity index (χ0v) is 30.3. The average molecular weight is 762 g/mol. The molecule has 1 fully saturated rings. The third-order valence-electron chi connectivity index (χ3n) is 8.95. The van der Waals surface area contributed by atoms with Crippen molar-refractivity contribution in [1.29, 1.82) is 0 Å². The van der Waals surface area contributed by atoms with Crippen LogP contribution < -0.4 is 9.80 Å². The van der Waals surface area contributed by atoms with E-state index in [0.717, 1.165) is 41.0 Å². The number of carbonyl (C=O) groups excluding carboxylic acids is 1. The maximum atomic E-state index is 15.1. The summed E-state index contributed by atoms with van der Waals surface area (Å²) < 4.78 is 116. The second kappa shape index (κ2) is 14.9. The number of hydrogen-bond acceptors (Lipinski definition) is 5. The van der Waals surface area contributed by atoms with Crippen molar-refractivity contribution < 1.29 is 49.5 Å². The van der Waals surface area contributed by atoms with Crippen LogP contribution in [0.1, 0.15) is 72.1 Å². The molecule has 0 heterocycles. The second-order valence-corrected chi connectivity index (χ2v) is 16.0. The minimum Gasteiger partial charge on any atom is -0.478 e. The minimum atomic E-state index is -5.79. The van der Waals surface area contributed by atoms with E-state index in [1.165, 1.54) is 30.3 Å². The molecule has 1 amide bonds. The van der Waals surface area contributed by atoms with E-state index >= 15 is 8.78 Å². The molecule has 0 atom stereocenters. The third-order valence-corrected chi connectivity index (χ3v) is 10.8. The summed E-state index contributed by atoms with van der Waals surface area (Å²) in [4.78, 5) is 27.2. The van der Waals surface area contributed by atoms with Crippen LogP contribution in [0.2, 0.25) is 0 Å². The van der Waals surface area contributed by atoms with E-state index < -0.39 is 74.8 Å². The molecule has 0 spiro atoms. The highest BCUT2D eigenvalue weighted by molar-refractivity contribution is 7.89. The van der Waals surface area contributed by atoms with E-state index in [1.807, 2.05) is 32.9 Å². The summed E-state index contributed by atoms with van der Waals surface area (Å²) in [7, 11) is -2.56. The fraction of sp³-hybridized carbons (Fsp3) is 0.316. The summed E-state index contributed by atoms with van der Waals surface area (Å²) >= 11 is 0. The van der Waals surface area contributed by atoms with Gasteiger partial charge in [0.1, 0.15) is 5.82 Å². The first-order chi connectivity index (χ1) is 24.7. The number of halogens is 6. The van der Waals surface area contributed by atoms with Crippen LogP contribution in [0.4, 0.5) is 37.7 Å². The van der Waals surface area contributed by atoms with Crippen LogP contribution in [-0.4, -0.2) is 50.3 Å². The van der Waals surface area contributed by atoms with Crippen LogP contribution in [0, 0.1) is 34.9 Å². The minimum absolute atomic E-state index is 0.00788. The summed E-state index contributed by atoms with van der Waals surface area (Å²) in [5.41, 5.74) is 1.88. The molecule has 0 aromatic heterocycles. The molecular weight excluding hydrogens is 724 g/mol. The lowest BCUT2D eigenvalue weighted by Gasteiger charge is -2.31. The largest absolute Gasteiger partial charge is 0.478 e. The predicted molar refractivity (Wildman–Crippen MR) is 186 cm³/mol. The maximum absolute atomic E-state index is 15.1. The van der Waals surface area contributed by atoms with Gasteiger partial charge in [-0.3, -0.25) is 4.79 Å². The van der Waals surface area contributed by atoms with Gasteiger partial charge in [0.15, 0.2) is 28.2 Å². The molecule has 1 N–H and O–H groups in total. The summed E-state index contributed by atoms with van der Waals surface area (Å²) in [6.45, 7) is 3.37. The number of sulfonamides is 1. The Bertz CT molecular complexity index is 2170. The van der Waals surface area contributed by atoms with Crippen molar-refractivity contribution in [2.45, 2.75) is 62.9 Å². The zero-order valence-electron chi connectivity index (χ0n) is 29.5. The molecule has 0 saturated heterocycles. The Morgan fingerprint density at radius 2 is 1.40 bits per heavy atom. The molecule has 1 saturated carbocycles. The zero-order chi connectivity index (χ0) is 39.2. The molecule has 0 aliphatic heterocycles. The summed E-state index contributed by atoms with van der Waals surface area (Å²) in [6.07, 6.45) is 1.89. The highest BCUT2D eigenvalue weighted by Gasteiger charge is 2.39. The lowest BCUT2D eigenvalue weighted by atomic mass is 9.84. The van der Waals surface area contributed by atoms with Crippen LogP contribution in [0.15, 0.2) is 65.6 Å². The molecule has 4 aromatic carbocycles. The van der Waals surface area contributed by atoms with Gasteiger partial charge in [-0.1, -0.05) is 57.2 Å². The first kappa shape index (κ1) is 39.3. The SMILES string of the molecule is CN(C)c1ccc(C(=O)O)cc1N(Cc1cc(C2CC2)cc(C(C)(C)C)c1)C(=O)CN(Cc1ccccc1F)S(=O)(=O)c1c(F)c(F)c(F)c(F)c1F. The Morgan fingerprint density at radius 1 is 0.792 bits per heavy atom. The number of benzene rings is 4. The van der Waals surface area contributed by atoms with Gasteiger partial charge < -0.3 is 14.9 Å². The number of hydrogen-bond donors (Lipinski definition) is 1. The van der Waals surface area contributed by atoms with E-state index in [9.17, 15) is 40.7 Å². The first-order valence-corrected chi connectivity index (χ1v) is 17.9. The van der Waals surface area contributed by atoms with Crippen LogP contribution in [0.25, 0.3) is 0 Å². The van der Waals surface area contributed by atoms with Crippen molar-refractivity contribution >= 4 is 33.3 Å². The average Bonchev–Trinajstić information content (AvgIpc) is 3.94. The van der Waals surface area contributed by atoms with Gasteiger partial charge in [-0.25, -0.2) is 39.6 Å². The van der Waals surface area contributed by atoms with Gasteiger partial charge in [0.25, 0.3) is 0 Å². The molecular formula is C38H37F6N3O5S. The lowest BCUT2D eigenvalue weighted by molar-refractivity contribution is -0.119. The number of carboxylic acid groups (broad SMARTS) is 1. The fourth-order valence-electron chi connectivity index (χ4n) is 5.86. The van der Waals surface area contributed by atoms with E-state index in [1.54, 1.807) is 19.0 Å². The van der Waals surface area contributed by atoms with Gasteiger partial charge in [0, 0.05) is 26.2 Å². The molecule has 282 valence electrons. The smallest absolute Gasteiger partial charge is 0.335 e. The molecule has 0 radical (unpaired) electrons. The second-order valence-electron chi connectivity index (χ2n) is 14.1. The number of rotatable bonds is 12. The van der Waals surface area contributed by atoms with Crippen molar-refractivity contribution in [2.75, 3.05) is 30.4 Å². The standard InChI is InChI=1S/C38H37F6N3O5S/c1-38(2,3)26-15-21(14-25(16-26)22-10-11-22)18-47(29-17-23(37(49)50)12-13-28(29)45(4)5)30(48)20-46(19-24-8-6-7-9-27(24)39)53(51,52)36-34(43)32(41)31(40)33(42)35(36)44/h6-9,12-17,22H,10-11,18-20H2,1-5H3,(H,49,50). The first-order valence-electron chi connectivity index (χ1n) is 16.5. The predicted octanol–water partition coefficient (Wildman–Crippen LogP) is 7.88. The molecule has 53 heavy (non-hydrogen) atoms. The van der Waals surface area contributed by atoms with Gasteiger partial charge in [-0.2, -0.15) is 4.31 Å². The van der Waals surface area contributed by atoms with E-state index in [0.29, 0.717) is 11.3 Å². The Hall–Kier alpha value is -4.89. The number of amides is 1. The molecule has 8 nitrogen and oxygen atoms in total. The van der Waals surface area contributed by atoms with E-state index in [2.05, 4.69) is 6.07 Å². The van der Waals surface area contributed by atoms with Gasteiger partial charge >= 0.3 is 5.97 Å². The number of aromatic carboxylic acids is 1. The maximum Gasteiger partial charge on any atom is 0.335 e. The van der Waals surface area contributed by atoms with E-state index in [-0.39, 0.29) is 39.0 Å². The Balaban J connectivity index is 1.70. The Morgan fingerprint density at radius 3 is 1.94 bits per heavy atom. The van der Waals surface area contributed by atoms with Gasteiger partial charge in [0.05, 0.1) is 30.0 Å². The van der Waals surface area contributed by atoms with E-state index in [4.69, 9.17) is 0 Å². The Labute approximate surface area is 303 Å². The molecule has 4 aromatic rings. The normalized spacial score (nSPS) is 13.4. The number of nitrogens with zero attached hydrogens (tertiary/aromatic N) is 3. The monoisotopic (exact) mass is 761 g/mol. The third kappa shape index (κ3) is 8.20. The van der Waals surface area contributed by atoms with Crippen LogP contribution in [-0.2, 0) is 33.3 Å². The topological polar surface area (TPSA) is 98.2 Å². The van der Waals surface area contributed by atoms with Crippen LogP contribution in [0.3, 0.4) is 0 Å². The Kier molecular flexibility index (Phi) is 11.0. The summed E-state index contributed by atoms with van der Waals surface area (Å²) in [6, 6.07) is 14.4. The quantitative estimate of drug-likeness (QED) is 0.0897. The summed E-state index contributed by atoms with van der Waals surface area (Å²) in [5.74, 6) is -16.1. The van der Waals surface area contributed by atoms with Gasteiger partial charge in [-0.05, 0) is 65.1 Å². The van der Waals surface area contributed by atoms with Crippen LogP contribution >= 0.6 is 0 Å². The van der Waals surface area contributed by atoms with Gasteiger partial charge in [-0.15, -0.1) is 0 Å². The van der Waals surface area contributed by atoms with Crippen molar-refractivity contribution in [3.05, 3.63) is 123 Å². The van der Waals surface area contributed by atoms with Crippen molar-refractivity contribution in [3.63, 3.8) is 0 Å². The van der Waals surface area contributed by atoms with Crippen molar-refractivity contribution in [1.82, 2.24) is 4.31 Å². The highest BCUT2D eigenvalue weighted by Crippen LogP contribution is 2.42. The lowest BCUT2D eigenvalue weighted by Crippen LogP contribution is -2.43. The van der Waals surface area contributed by atoms with Crippen LogP contribution in [0.5, 0.6) is 0 Å².